The first-order chi connectivity index (χ1) is 8.03. The van der Waals surface area contributed by atoms with E-state index in [0.717, 1.165) is 19.3 Å². The van der Waals surface area contributed by atoms with Gasteiger partial charge in [-0.1, -0.05) is 0 Å². The van der Waals surface area contributed by atoms with Gasteiger partial charge in [-0.2, -0.15) is 0 Å². The molecule has 4 heteroatoms. The van der Waals surface area contributed by atoms with E-state index in [1.54, 1.807) is 11.3 Å². The monoisotopic (exact) mass is 252 g/mol. The van der Waals surface area contributed by atoms with E-state index >= 15 is 0 Å². The average molecular weight is 252 g/mol. The Labute approximate surface area is 106 Å². The number of rotatable bonds is 3. The van der Waals surface area contributed by atoms with Crippen LogP contribution in [0, 0.1) is 0 Å². The molecule has 1 amide bonds. The topological polar surface area (TPSA) is 55.1 Å². The molecule has 1 aliphatic carbocycles. The summed E-state index contributed by atoms with van der Waals surface area (Å²) in [6.07, 6.45) is 3.18. The van der Waals surface area contributed by atoms with E-state index in [4.69, 9.17) is 5.73 Å². The van der Waals surface area contributed by atoms with Crippen LogP contribution in [0.15, 0.2) is 11.4 Å². The lowest BCUT2D eigenvalue weighted by Crippen LogP contribution is -2.50. The lowest BCUT2D eigenvalue weighted by Gasteiger charge is -2.29. The number of fused-ring (bicyclic) bond motifs is 1. The normalized spacial score (nSPS) is 19.8. The number of hydrogen-bond donors (Lipinski definition) is 2. The van der Waals surface area contributed by atoms with E-state index < -0.39 is 0 Å². The van der Waals surface area contributed by atoms with E-state index in [1.165, 1.54) is 10.4 Å². The molecule has 0 spiro atoms. The van der Waals surface area contributed by atoms with E-state index in [9.17, 15) is 4.79 Å². The fourth-order valence-corrected chi connectivity index (χ4v) is 3.22. The molecule has 1 atom stereocenters. The number of carbonyl (C=O) groups is 1. The standard InChI is InChI=1S/C13H20N2OS/c1-13(2,8-14)15-12(16)10-4-3-5-11-9(10)6-7-17-11/h6-7,10H,3-5,8,14H2,1-2H3,(H,15,16). The lowest BCUT2D eigenvalue weighted by molar-refractivity contribution is -0.124. The number of amides is 1. The van der Waals surface area contributed by atoms with Crippen molar-refractivity contribution in [3.05, 3.63) is 21.9 Å². The zero-order valence-electron chi connectivity index (χ0n) is 10.5. The van der Waals surface area contributed by atoms with Crippen molar-refractivity contribution in [1.29, 1.82) is 0 Å². The molecule has 0 saturated heterocycles. The Hall–Kier alpha value is -0.870. The summed E-state index contributed by atoms with van der Waals surface area (Å²) in [6.45, 7) is 4.38. The van der Waals surface area contributed by atoms with Gasteiger partial charge in [0.2, 0.25) is 5.91 Å². The largest absolute Gasteiger partial charge is 0.349 e. The number of nitrogens with one attached hydrogen (secondary N) is 1. The summed E-state index contributed by atoms with van der Waals surface area (Å²) < 4.78 is 0. The summed E-state index contributed by atoms with van der Waals surface area (Å²) in [5.41, 5.74) is 6.56. The molecular formula is C13H20N2OS. The Morgan fingerprint density at radius 2 is 2.41 bits per heavy atom. The van der Waals surface area contributed by atoms with Crippen LogP contribution in [0.4, 0.5) is 0 Å². The fourth-order valence-electron chi connectivity index (χ4n) is 2.23. The summed E-state index contributed by atoms with van der Waals surface area (Å²) in [5, 5.41) is 5.13. The van der Waals surface area contributed by atoms with Gasteiger partial charge in [-0.25, -0.2) is 0 Å². The van der Waals surface area contributed by atoms with Crippen LogP contribution in [-0.2, 0) is 11.2 Å². The Balaban J connectivity index is 2.12. The Bertz CT molecular complexity index is 411. The summed E-state index contributed by atoms with van der Waals surface area (Å²) in [5.74, 6) is 0.149. The summed E-state index contributed by atoms with van der Waals surface area (Å²) >= 11 is 1.77. The predicted octanol–water partition coefficient (Wildman–Crippen LogP) is 2.02. The van der Waals surface area contributed by atoms with Crippen molar-refractivity contribution in [2.75, 3.05) is 6.54 Å². The van der Waals surface area contributed by atoms with Crippen molar-refractivity contribution < 1.29 is 4.79 Å². The van der Waals surface area contributed by atoms with Gasteiger partial charge in [-0.3, -0.25) is 4.79 Å². The molecule has 0 radical (unpaired) electrons. The highest BCUT2D eigenvalue weighted by Crippen LogP contribution is 2.35. The maximum Gasteiger partial charge on any atom is 0.228 e. The molecule has 0 saturated carbocycles. The third-order valence-electron chi connectivity index (χ3n) is 3.34. The maximum absolute atomic E-state index is 12.3. The van der Waals surface area contributed by atoms with E-state index in [1.807, 2.05) is 13.8 Å². The molecular weight excluding hydrogens is 232 g/mol. The van der Waals surface area contributed by atoms with Gasteiger partial charge in [0, 0.05) is 17.0 Å². The second kappa shape index (κ2) is 4.78. The van der Waals surface area contributed by atoms with E-state index in [-0.39, 0.29) is 17.4 Å². The van der Waals surface area contributed by atoms with Gasteiger partial charge in [-0.15, -0.1) is 11.3 Å². The minimum Gasteiger partial charge on any atom is -0.349 e. The highest BCUT2D eigenvalue weighted by molar-refractivity contribution is 7.10. The van der Waals surface area contributed by atoms with E-state index in [0.29, 0.717) is 6.54 Å². The van der Waals surface area contributed by atoms with Crippen LogP contribution in [-0.4, -0.2) is 18.0 Å². The molecule has 1 aliphatic rings. The molecule has 1 unspecified atom stereocenters. The molecule has 0 aromatic carbocycles. The zero-order chi connectivity index (χ0) is 12.5. The first-order valence-electron chi connectivity index (χ1n) is 6.12. The minimum atomic E-state index is -0.315. The highest BCUT2D eigenvalue weighted by atomic mass is 32.1. The Morgan fingerprint density at radius 3 is 3.12 bits per heavy atom. The highest BCUT2D eigenvalue weighted by Gasteiger charge is 2.30. The van der Waals surface area contributed by atoms with Crippen molar-refractivity contribution in [3.8, 4) is 0 Å². The van der Waals surface area contributed by atoms with Crippen LogP contribution >= 0.6 is 11.3 Å². The van der Waals surface area contributed by atoms with Crippen LogP contribution in [0.1, 0.15) is 43.0 Å². The lowest BCUT2D eigenvalue weighted by atomic mass is 9.86. The molecule has 1 aromatic heterocycles. The Kier molecular flexibility index (Phi) is 3.54. The zero-order valence-corrected chi connectivity index (χ0v) is 11.3. The molecule has 1 heterocycles. The minimum absolute atomic E-state index is 0.0239. The second-order valence-electron chi connectivity index (χ2n) is 5.32. The summed E-state index contributed by atoms with van der Waals surface area (Å²) in [4.78, 5) is 13.6. The molecule has 3 nitrogen and oxygen atoms in total. The predicted molar refractivity (Wildman–Crippen MR) is 71.3 cm³/mol. The van der Waals surface area contributed by atoms with Gasteiger partial charge in [-0.05, 0) is 50.1 Å². The average Bonchev–Trinajstić information content (AvgIpc) is 2.76. The number of nitrogens with two attached hydrogens (primary N) is 1. The third kappa shape index (κ3) is 2.69. The molecule has 0 aliphatic heterocycles. The SMILES string of the molecule is CC(C)(CN)NC(=O)C1CCCc2sccc21. The summed E-state index contributed by atoms with van der Waals surface area (Å²) in [7, 11) is 0. The van der Waals surface area contributed by atoms with Crippen LogP contribution in [0.2, 0.25) is 0 Å². The molecule has 17 heavy (non-hydrogen) atoms. The van der Waals surface area contributed by atoms with Crippen LogP contribution in [0.25, 0.3) is 0 Å². The van der Waals surface area contributed by atoms with Crippen molar-refractivity contribution in [2.24, 2.45) is 5.73 Å². The van der Waals surface area contributed by atoms with Crippen molar-refractivity contribution >= 4 is 17.2 Å². The van der Waals surface area contributed by atoms with Gasteiger partial charge in [0.15, 0.2) is 0 Å². The molecule has 0 fully saturated rings. The fraction of sp³-hybridized carbons (Fsp3) is 0.615. The van der Waals surface area contributed by atoms with Crippen molar-refractivity contribution in [1.82, 2.24) is 5.32 Å². The third-order valence-corrected chi connectivity index (χ3v) is 4.34. The van der Waals surface area contributed by atoms with Gasteiger partial charge >= 0.3 is 0 Å². The smallest absolute Gasteiger partial charge is 0.228 e. The number of hydrogen-bond acceptors (Lipinski definition) is 3. The maximum atomic E-state index is 12.3. The van der Waals surface area contributed by atoms with E-state index in [2.05, 4.69) is 16.8 Å². The molecule has 2 rings (SSSR count). The van der Waals surface area contributed by atoms with Crippen molar-refractivity contribution in [2.45, 2.75) is 44.6 Å². The summed E-state index contributed by atoms with van der Waals surface area (Å²) in [6, 6.07) is 2.10. The number of carbonyl (C=O) groups excluding carboxylic acids is 1. The van der Waals surface area contributed by atoms with Gasteiger partial charge in [0.05, 0.1) is 5.92 Å². The molecule has 3 N–H and O–H groups in total. The molecule has 1 aromatic rings. The van der Waals surface area contributed by atoms with Gasteiger partial charge in [0.25, 0.3) is 0 Å². The Morgan fingerprint density at radius 1 is 1.65 bits per heavy atom. The van der Waals surface area contributed by atoms with Crippen LogP contribution in [0.5, 0.6) is 0 Å². The molecule has 0 bridgehead atoms. The number of aryl methyl sites for hydroxylation is 1. The van der Waals surface area contributed by atoms with Gasteiger partial charge < -0.3 is 11.1 Å². The van der Waals surface area contributed by atoms with Crippen LogP contribution < -0.4 is 11.1 Å². The number of thiophene rings is 1. The van der Waals surface area contributed by atoms with Gasteiger partial charge in [0.1, 0.15) is 0 Å². The first kappa shape index (κ1) is 12.6. The van der Waals surface area contributed by atoms with Crippen LogP contribution in [0.3, 0.4) is 0 Å². The quantitative estimate of drug-likeness (QED) is 0.864. The van der Waals surface area contributed by atoms with Crippen molar-refractivity contribution in [3.63, 3.8) is 0 Å². The second-order valence-corrected chi connectivity index (χ2v) is 6.32. The molecule has 94 valence electrons. The first-order valence-corrected chi connectivity index (χ1v) is 7.00.